The first kappa shape index (κ1) is 9.33. The number of aromatic nitrogens is 2. The van der Waals surface area contributed by atoms with E-state index in [1.165, 1.54) is 13.1 Å². The normalized spacial score (nSPS) is 34.8. The average Bonchev–Trinajstić information content (AvgIpc) is 2.62. The Labute approximate surface area is 89.6 Å². The minimum atomic E-state index is 0.557. The summed E-state index contributed by atoms with van der Waals surface area (Å²) < 4.78 is 5.24. The molecule has 1 aromatic rings. The summed E-state index contributed by atoms with van der Waals surface area (Å²) in [4.78, 5) is 6.87. The van der Waals surface area contributed by atoms with Crippen LogP contribution in [0.25, 0.3) is 0 Å². The number of likely N-dealkylation sites (tertiary alicyclic amines) is 1. The molecule has 1 saturated heterocycles. The first-order chi connectivity index (χ1) is 7.16. The lowest BCUT2D eigenvalue weighted by atomic mass is 10.2. The van der Waals surface area contributed by atoms with E-state index in [1.807, 2.05) is 6.92 Å². The van der Waals surface area contributed by atoms with E-state index in [0.29, 0.717) is 12.0 Å². The molecule has 2 atom stereocenters. The van der Waals surface area contributed by atoms with Crippen molar-refractivity contribution >= 4 is 0 Å². The first-order valence-electron chi connectivity index (χ1n) is 5.71. The Morgan fingerprint density at radius 2 is 2.00 bits per heavy atom. The quantitative estimate of drug-likeness (QED) is 0.735. The van der Waals surface area contributed by atoms with E-state index in [-0.39, 0.29) is 0 Å². The van der Waals surface area contributed by atoms with Gasteiger partial charge < -0.3 is 9.42 Å². The maximum Gasteiger partial charge on any atom is 0.230 e. The molecule has 1 aromatic heterocycles. The number of rotatable bonds is 2. The smallest absolute Gasteiger partial charge is 0.230 e. The molecule has 2 unspecified atom stereocenters. The molecule has 0 aromatic carbocycles. The van der Waals surface area contributed by atoms with E-state index >= 15 is 0 Å². The minimum absolute atomic E-state index is 0.557. The van der Waals surface area contributed by atoms with Crippen LogP contribution in [0, 0.1) is 18.8 Å². The Kier molecular flexibility index (Phi) is 1.89. The highest BCUT2D eigenvalue weighted by atomic mass is 16.5. The van der Waals surface area contributed by atoms with Gasteiger partial charge in [-0.15, -0.1) is 0 Å². The van der Waals surface area contributed by atoms with Gasteiger partial charge in [-0.2, -0.15) is 4.98 Å². The molecule has 0 N–H and O–H groups in total. The number of hydrogen-bond donors (Lipinski definition) is 0. The van der Waals surface area contributed by atoms with E-state index in [4.69, 9.17) is 4.52 Å². The number of nitrogens with zero attached hydrogens (tertiary/aromatic N) is 3. The van der Waals surface area contributed by atoms with E-state index in [0.717, 1.165) is 23.6 Å². The number of piperidine rings is 1. The molecule has 2 aliphatic rings. The van der Waals surface area contributed by atoms with Crippen LogP contribution in [0.3, 0.4) is 0 Å². The van der Waals surface area contributed by atoms with Crippen molar-refractivity contribution in [3.63, 3.8) is 0 Å². The van der Waals surface area contributed by atoms with Gasteiger partial charge in [-0.3, -0.25) is 0 Å². The largest absolute Gasteiger partial charge is 0.339 e. The fourth-order valence-corrected chi connectivity index (χ4v) is 2.80. The topological polar surface area (TPSA) is 42.2 Å². The van der Waals surface area contributed by atoms with Crippen molar-refractivity contribution in [3.8, 4) is 0 Å². The van der Waals surface area contributed by atoms with Crippen LogP contribution < -0.4 is 0 Å². The third kappa shape index (κ3) is 1.39. The van der Waals surface area contributed by atoms with Gasteiger partial charge in [0.15, 0.2) is 5.82 Å². The van der Waals surface area contributed by atoms with E-state index in [1.54, 1.807) is 0 Å². The van der Waals surface area contributed by atoms with Crippen LogP contribution in [0.5, 0.6) is 0 Å². The summed E-state index contributed by atoms with van der Waals surface area (Å²) in [6.07, 6.45) is 0. The summed E-state index contributed by atoms with van der Waals surface area (Å²) in [5.41, 5.74) is 0. The van der Waals surface area contributed by atoms with Crippen molar-refractivity contribution in [2.75, 3.05) is 13.1 Å². The molecule has 3 rings (SSSR count). The summed E-state index contributed by atoms with van der Waals surface area (Å²) in [7, 11) is 0. The molecular weight excluding hydrogens is 190 g/mol. The number of hydrogen-bond acceptors (Lipinski definition) is 4. The second-order valence-electron chi connectivity index (χ2n) is 5.08. The second kappa shape index (κ2) is 3.04. The van der Waals surface area contributed by atoms with Crippen molar-refractivity contribution in [1.82, 2.24) is 15.0 Å². The van der Waals surface area contributed by atoms with Gasteiger partial charge >= 0.3 is 0 Å². The summed E-state index contributed by atoms with van der Waals surface area (Å²) in [6, 6.07) is 0.669. The van der Waals surface area contributed by atoms with Crippen molar-refractivity contribution in [1.29, 1.82) is 0 Å². The van der Waals surface area contributed by atoms with Crippen LogP contribution in [0.4, 0.5) is 0 Å². The molecule has 1 aliphatic carbocycles. The highest BCUT2D eigenvalue weighted by molar-refractivity contribution is 5.18. The second-order valence-corrected chi connectivity index (χ2v) is 5.08. The molecule has 2 heterocycles. The molecule has 0 radical (unpaired) electrons. The number of aryl methyl sites for hydroxylation is 1. The van der Waals surface area contributed by atoms with Gasteiger partial charge in [0.2, 0.25) is 5.89 Å². The van der Waals surface area contributed by atoms with Crippen molar-refractivity contribution in [3.05, 3.63) is 11.7 Å². The predicted molar refractivity (Wildman–Crippen MR) is 55.5 cm³/mol. The van der Waals surface area contributed by atoms with Gasteiger partial charge in [-0.05, 0) is 32.6 Å². The molecule has 1 aliphatic heterocycles. The van der Waals surface area contributed by atoms with Crippen LogP contribution in [-0.2, 0) is 0 Å². The lowest BCUT2D eigenvalue weighted by molar-refractivity contribution is 0.235. The zero-order valence-electron chi connectivity index (χ0n) is 9.47. The van der Waals surface area contributed by atoms with E-state index < -0.39 is 0 Å². The molecule has 0 bridgehead atoms. The van der Waals surface area contributed by atoms with Crippen molar-refractivity contribution in [2.45, 2.75) is 32.7 Å². The van der Waals surface area contributed by atoms with Crippen LogP contribution in [0.2, 0.25) is 0 Å². The monoisotopic (exact) mass is 207 g/mol. The molecule has 4 nitrogen and oxygen atoms in total. The van der Waals surface area contributed by atoms with Gasteiger partial charge in [-0.25, -0.2) is 0 Å². The maximum atomic E-state index is 5.24. The molecule has 15 heavy (non-hydrogen) atoms. The lowest BCUT2D eigenvalue weighted by Gasteiger charge is -2.22. The maximum absolute atomic E-state index is 5.24. The SMILES string of the molecule is Cc1noc(C2C3CN(C(C)C)CC32)n1. The fraction of sp³-hybridized carbons (Fsp3) is 0.818. The Hall–Kier alpha value is -0.900. The third-order valence-corrected chi connectivity index (χ3v) is 3.78. The summed E-state index contributed by atoms with van der Waals surface area (Å²) in [5.74, 6) is 3.72. The van der Waals surface area contributed by atoms with Gasteiger partial charge in [0.1, 0.15) is 0 Å². The highest BCUT2D eigenvalue weighted by Gasteiger charge is 2.59. The summed E-state index contributed by atoms with van der Waals surface area (Å²) >= 11 is 0. The molecule has 2 fully saturated rings. The zero-order valence-corrected chi connectivity index (χ0v) is 9.47. The molecule has 0 amide bonds. The zero-order chi connectivity index (χ0) is 10.6. The van der Waals surface area contributed by atoms with E-state index in [9.17, 15) is 0 Å². The average molecular weight is 207 g/mol. The Morgan fingerprint density at radius 3 is 2.47 bits per heavy atom. The van der Waals surface area contributed by atoms with Crippen LogP contribution in [0.15, 0.2) is 4.52 Å². The van der Waals surface area contributed by atoms with Gasteiger partial charge in [0, 0.05) is 25.0 Å². The Morgan fingerprint density at radius 1 is 1.33 bits per heavy atom. The Balaban J connectivity index is 1.68. The summed E-state index contributed by atoms with van der Waals surface area (Å²) in [5, 5.41) is 3.86. The van der Waals surface area contributed by atoms with Crippen LogP contribution in [-0.4, -0.2) is 34.2 Å². The van der Waals surface area contributed by atoms with Crippen molar-refractivity contribution in [2.24, 2.45) is 11.8 Å². The van der Waals surface area contributed by atoms with Gasteiger partial charge in [0.05, 0.1) is 0 Å². The molecule has 1 saturated carbocycles. The molecule has 4 heteroatoms. The van der Waals surface area contributed by atoms with Crippen molar-refractivity contribution < 1.29 is 4.52 Å². The summed E-state index contributed by atoms with van der Waals surface area (Å²) in [6.45, 7) is 8.81. The fourth-order valence-electron chi connectivity index (χ4n) is 2.80. The lowest BCUT2D eigenvalue weighted by Crippen LogP contribution is -2.31. The number of fused-ring (bicyclic) bond motifs is 1. The molecule has 82 valence electrons. The molecule has 0 spiro atoms. The van der Waals surface area contributed by atoms with E-state index in [2.05, 4.69) is 28.9 Å². The minimum Gasteiger partial charge on any atom is -0.339 e. The third-order valence-electron chi connectivity index (χ3n) is 3.78. The predicted octanol–water partition coefficient (Wildman–Crippen LogP) is 1.43. The first-order valence-corrected chi connectivity index (χ1v) is 5.71. The standard InChI is InChI=1S/C11H17N3O/c1-6(2)14-4-8-9(5-14)10(8)11-12-7(3)13-15-11/h6,8-10H,4-5H2,1-3H3. The highest BCUT2D eigenvalue weighted by Crippen LogP contribution is 2.57. The van der Waals surface area contributed by atoms with Gasteiger partial charge in [-0.1, -0.05) is 5.16 Å². The Bertz CT molecular complexity index is 362. The van der Waals surface area contributed by atoms with Crippen LogP contribution >= 0.6 is 0 Å². The molecular formula is C11H17N3O. The van der Waals surface area contributed by atoms with Crippen LogP contribution in [0.1, 0.15) is 31.5 Å². The van der Waals surface area contributed by atoms with Gasteiger partial charge in [0.25, 0.3) is 0 Å².